The minimum Gasteiger partial charge on any atom is -0.253 e. The first kappa shape index (κ1) is 2.85. The molecule has 0 saturated heterocycles. The van der Waals surface area contributed by atoms with E-state index in [0.29, 0.717) is 0 Å². The molecule has 26 valence electrons. The summed E-state index contributed by atoms with van der Waals surface area (Å²) in [6, 6.07) is 0. The van der Waals surface area contributed by atoms with Crippen LogP contribution in [-0.2, 0) is 0 Å². The SMILES string of the molecule is [H+].c1cscn1. The van der Waals surface area contributed by atoms with Crippen molar-refractivity contribution in [2.45, 2.75) is 0 Å². The maximum absolute atomic E-state index is 3.74. The van der Waals surface area contributed by atoms with Gasteiger partial charge in [0.15, 0.2) is 0 Å². The Morgan fingerprint density at radius 2 is 2.80 bits per heavy atom. The molecule has 0 atom stereocenters. The smallest absolute Gasteiger partial charge is 0.253 e. The highest BCUT2D eigenvalue weighted by molar-refractivity contribution is 7.07. The zero-order valence-corrected chi connectivity index (χ0v) is 3.40. The fourth-order valence-electron chi connectivity index (χ4n) is 0.176. The van der Waals surface area contributed by atoms with Crippen LogP contribution in [0.25, 0.3) is 0 Å². The van der Waals surface area contributed by atoms with Crippen molar-refractivity contribution >= 4 is 11.3 Å². The van der Waals surface area contributed by atoms with Gasteiger partial charge in [0.1, 0.15) is 0 Å². The molecule has 1 aromatic heterocycles. The first-order valence-electron chi connectivity index (χ1n) is 1.32. The van der Waals surface area contributed by atoms with Crippen LogP contribution in [0.4, 0.5) is 0 Å². The zero-order valence-electron chi connectivity index (χ0n) is 3.59. The lowest BCUT2D eigenvalue weighted by atomic mass is 11.0. The first-order valence-corrected chi connectivity index (χ1v) is 2.26. The summed E-state index contributed by atoms with van der Waals surface area (Å²) in [5.41, 5.74) is 1.79. The highest BCUT2D eigenvalue weighted by atomic mass is 32.1. The second kappa shape index (κ2) is 1.17. The third-order valence-corrected chi connectivity index (χ3v) is 0.869. The maximum atomic E-state index is 3.74. The summed E-state index contributed by atoms with van der Waals surface area (Å²) in [4.78, 5) is 3.74. The van der Waals surface area contributed by atoms with Gasteiger partial charge in [-0.3, -0.25) is 4.98 Å². The van der Waals surface area contributed by atoms with Gasteiger partial charge in [0, 0.05) is 11.6 Å². The molecule has 0 unspecified atom stereocenters. The topological polar surface area (TPSA) is 12.9 Å². The molecule has 1 heterocycles. The highest BCUT2D eigenvalue weighted by Gasteiger charge is 1.59. The van der Waals surface area contributed by atoms with E-state index in [1.54, 1.807) is 23.0 Å². The number of aromatic nitrogens is 1. The summed E-state index contributed by atoms with van der Waals surface area (Å²) >= 11 is 1.60. The lowest BCUT2D eigenvalue weighted by Gasteiger charge is -1.41. The van der Waals surface area contributed by atoms with Crippen molar-refractivity contribution in [2.75, 3.05) is 0 Å². The van der Waals surface area contributed by atoms with E-state index in [1.807, 2.05) is 5.38 Å². The second-order valence-electron chi connectivity index (χ2n) is 0.676. The number of thiazole rings is 1. The summed E-state index contributed by atoms with van der Waals surface area (Å²) in [6.45, 7) is 0. The molecule has 5 heavy (non-hydrogen) atoms. The third kappa shape index (κ3) is 0.450. The van der Waals surface area contributed by atoms with Crippen molar-refractivity contribution < 1.29 is 1.43 Å². The molecule has 0 fully saturated rings. The van der Waals surface area contributed by atoms with Gasteiger partial charge in [0.2, 0.25) is 0 Å². The summed E-state index contributed by atoms with van der Waals surface area (Å²) in [7, 11) is 0. The van der Waals surface area contributed by atoms with E-state index in [9.17, 15) is 0 Å². The van der Waals surface area contributed by atoms with Crippen LogP contribution in [-0.4, -0.2) is 4.98 Å². The van der Waals surface area contributed by atoms with Gasteiger partial charge in [-0.2, -0.15) is 0 Å². The zero-order chi connectivity index (χ0) is 3.54. The van der Waals surface area contributed by atoms with E-state index in [1.165, 1.54) is 0 Å². The normalized spacial score (nSPS) is 8.00. The molecule has 0 amide bonds. The van der Waals surface area contributed by atoms with Crippen LogP contribution >= 0.6 is 11.3 Å². The molecule has 0 aliphatic heterocycles. The third-order valence-electron chi connectivity index (χ3n) is 0.347. The molecule has 0 aliphatic rings. The van der Waals surface area contributed by atoms with Gasteiger partial charge < -0.3 is 0 Å². The Hall–Kier alpha value is -0.370. The fraction of sp³-hybridized carbons (Fsp3) is 0. The summed E-state index contributed by atoms with van der Waals surface area (Å²) in [6.07, 6.45) is 1.77. The largest absolute Gasteiger partial charge is 1.00 e. The molecular formula is C3H4NS+. The minimum absolute atomic E-state index is 0. The van der Waals surface area contributed by atoms with Crippen molar-refractivity contribution in [3.8, 4) is 0 Å². The van der Waals surface area contributed by atoms with Crippen LogP contribution in [0.3, 0.4) is 0 Å². The van der Waals surface area contributed by atoms with Gasteiger partial charge in [0.05, 0.1) is 5.51 Å². The van der Waals surface area contributed by atoms with Crippen LogP contribution in [0.15, 0.2) is 17.1 Å². The van der Waals surface area contributed by atoms with Gasteiger partial charge in [-0.25, -0.2) is 0 Å². The van der Waals surface area contributed by atoms with Crippen LogP contribution in [0.5, 0.6) is 0 Å². The number of hydrogen-bond donors (Lipinski definition) is 0. The van der Waals surface area contributed by atoms with Gasteiger partial charge >= 0.3 is 1.43 Å². The van der Waals surface area contributed by atoms with Crippen molar-refractivity contribution in [1.29, 1.82) is 0 Å². The van der Waals surface area contributed by atoms with Crippen molar-refractivity contribution in [3.63, 3.8) is 0 Å². The first-order chi connectivity index (χ1) is 2.50. The quantitative estimate of drug-likeness (QED) is 0.463. The van der Waals surface area contributed by atoms with Crippen LogP contribution in [0.1, 0.15) is 1.43 Å². The van der Waals surface area contributed by atoms with Gasteiger partial charge in [-0.1, -0.05) is 0 Å². The molecule has 0 spiro atoms. The molecule has 1 nitrogen and oxygen atoms in total. The van der Waals surface area contributed by atoms with Gasteiger partial charge in [0.25, 0.3) is 0 Å². The Morgan fingerprint density at radius 3 is 3.00 bits per heavy atom. The molecule has 0 saturated carbocycles. The van der Waals surface area contributed by atoms with Crippen LogP contribution < -0.4 is 0 Å². The summed E-state index contributed by atoms with van der Waals surface area (Å²) in [5, 5.41) is 1.93. The molecule has 0 bridgehead atoms. The summed E-state index contributed by atoms with van der Waals surface area (Å²) < 4.78 is 0. The lowest BCUT2D eigenvalue weighted by Crippen LogP contribution is -1.38. The second-order valence-corrected chi connectivity index (χ2v) is 1.43. The fourth-order valence-corrected chi connectivity index (χ4v) is 0.527. The number of hydrogen-bond acceptors (Lipinski definition) is 2. The van der Waals surface area contributed by atoms with E-state index >= 15 is 0 Å². The van der Waals surface area contributed by atoms with Crippen LogP contribution in [0.2, 0.25) is 0 Å². The average Bonchev–Trinajstić information content (AvgIpc) is 1.76. The Labute approximate surface area is 35.8 Å². The van der Waals surface area contributed by atoms with E-state index < -0.39 is 0 Å². The molecule has 0 N–H and O–H groups in total. The molecule has 0 aromatic carbocycles. The molecule has 2 heteroatoms. The Kier molecular flexibility index (Phi) is 0.667. The predicted octanol–water partition coefficient (Wildman–Crippen LogP) is 1.26. The van der Waals surface area contributed by atoms with E-state index in [0.717, 1.165) is 0 Å². The highest BCUT2D eigenvalue weighted by Crippen LogP contribution is 1.85. The monoisotopic (exact) mass is 86.0 g/mol. The Bertz CT molecular complexity index is 67.3. The molecule has 0 radical (unpaired) electrons. The predicted molar refractivity (Wildman–Crippen MR) is 23.2 cm³/mol. The molecule has 1 aromatic rings. The number of nitrogens with zero attached hydrogens (tertiary/aromatic N) is 1. The Morgan fingerprint density at radius 1 is 1.80 bits per heavy atom. The molecule has 1 rings (SSSR count). The molecule has 0 aliphatic carbocycles. The standard InChI is InChI=1S/C3H3NS/c1-2-5-3-4-1/h1-3H/p+1. The maximum Gasteiger partial charge on any atom is 1.00 e. The van der Waals surface area contributed by atoms with Gasteiger partial charge in [-0.05, 0) is 0 Å². The number of rotatable bonds is 0. The average molecular weight is 86.1 g/mol. The van der Waals surface area contributed by atoms with Gasteiger partial charge in [-0.15, -0.1) is 11.3 Å². The molecular weight excluding hydrogens is 82.1 g/mol. The van der Waals surface area contributed by atoms with E-state index in [2.05, 4.69) is 4.98 Å². The van der Waals surface area contributed by atoms with Crippen molar-refractivity contribution in [2.24, 2.45) is 0 Å². The van der Waals surface area contributed by atoms with Crippen LogP contribution in [0, 0.1) is 0 Å². The van der Waals surface area contributed by atoms with E-state index in [-0.39, 0.29) is 1.43 Å². The van der Waals surface area contributed by atoms with Crippen molar-refractivity contribution in [1.82, 2.24) is 4.98 Å². The Balaban J connectivity index is 0.000000250. The minimum atomic E-state index is 0. The van der Waals surface area contributed by atoms with Crippen molar-refractivity contribution in [3.05, 3.63) is 17.1 Å². The summed E-state index contributed by atoms with van der Waals surface area (Å²) in [5.74, 6) is 0. The van der Waals surface area contributed by atoms with E-state index in [4.69, 9.17) is 0 Å². The lowest BCUT2D eigenvalue weighted by molar-refractivity contribution is 1.43.